The van der Waals surface area contributed by atoms with Crippen LogP contribution in [0.15, 0.2) is 12.2 Å². The minimum absolute atomic E-state index is 0.719. The molecule has 12 heavy (non-hydrogen) atoms. The molecular formula is C11H21N. The molecule has 0 saturated carbocycles. The van der Waals surface area contributed by atoms with Crippen molar-refractivity contribution in [3.63, 3.8) is 0 Å². The monoisotopic (exact) mass is 167 g/mol. The van der Waals surface area contributed by atoms with Gasteiger partial charge >= 0.3 is 0 Å². The lowest BCUT2D eigenvalue weighted by atomic mass is 9.90. The lowest BCUT2D eigenvalue weighted by Crippen LogP contribution is -2.38. The van der Waals surface area contributed by atoms with Crippen LogP contribution in [-0.4, -0.2) is 24.0 Å². The van der Waals surface area contributed by atoms with Crippen LogP contribution in [0.3, 0.4) is 0 Å². The van der Waals surface area contributed by atoms with Crippen LogP contribution in [-0.2, 0) is 0 Å². The predicted molar refractivity (Wildman–Crippen MR) is 54.2 cm³/mol. The summed E-state index contributed by atoms with van der Waals surface area (Å²) in [5, 5.41) is 0. The zero-order valence-electron chi connectivity index (χ0n) is 8.64. The highest BCUT2D eigenvalue weighted by Crippen LogP contribution is 2.23. The summed E-state index contributed by atoms with van der Waals surface area (Å²) in [5.41, 5.74) is 1.37. The van der Waals surface area contributed by atoms with Gasteiger partial charge in [-0.3, -0.25) is 0 Å². The molecule has 1 nitrogen and oxygen atoms in total. The first kappa shape index (κ1) is 9.79. The number of allylic oxidation sites excluding steroid dienone is 1. The van der Waals surface area contributed by atoms with Gasteiger partial charge < -0.3 is 4.90 Å². The molecule has 0 radical (unpaired) electrons. The first-order chi connectivity index (χ1) is 5.61. The number of rotatable bonds is 2. The summed E-state index contributed by atoms with van der Waals surface area (Å²) in [6.45, 7) is 13.3. The Bertz CT molecular complexity index is 152. The van der Waals surface area contributed by atoms with Crippen LogP contribution in [0.1, 0.15) is 33.6 Å². The smallest absolute Gasteiger partial charge is 0.00385 e. The number of likely N-dealkylation sites (tertiary alicyclic amines) is 1. The molecule has 1 rings (SSSR count). The molecule has 0 aliphatic carbocycles. The number of piperidine rings is 1. The van der Waals surface area contributed by atoms with Gasteiger partial charge in [-0.05, 0) is 52.6 Å². The second kappa shape index (κ2) is 4.08. The van der Waals surface area contributed by atoms with Crippen LogP contribution in [0.4, 0.5) is 0 Å². The van der Waals surface area contributed by atoms with Crippen LogP contribution < -0.4 is 0 Å². The molecular weight excluding hydrogens is 146 g/mol. The van der Waals surface area contributed by atoms with Gasteiger partial charge in [0.1, 0.15) is 0 Å². The number of hydrogen-bond donors (Lipinski definition) is 0. The Morgan fingerprint density at radius 1 is 1.33 bits per heavy atom. The maximum atomic E-state index is 4.03. The van der Waals surface area contributed by atoms with Crippen molar-refractivity contribution in [2.75, 3.05) is 13.1 Å². The predicted octanol–water partition coefficient (Wildman–Crippen LogP) is 2.68. The molecule has 1 heteroatoms. The first-order valence-electron chi connectivity index (χ1n) is 5.00. The molecule has 1 saturated heterocycles. The van der Waals surface area contributed by atoms with Crippen LogP contribution in [0.25, 0.3) is 0 Å². The van der Waals surface area contributed by atoms with Crippen molar-refractivity contribution < 1.29 is 0 Å². The molecule has 0 aromatic rings. The Hall–Kier alpha value is -0.300. The van der Waals surface area contributed by atoms with Crippen molar-refractivity contribution in [1.82, 2.24) is 4.90 Å². The summed E-state index contributed by atoms with van der Waals surface area (Å²) < 4.78 is 0. The molecule has 0 spiro atoms. The fraction of sp³-hybridized carbons (Fsp3) is 0.818. The fourth-order valence-corrected chi connectivity index (χ4v) is 1.91. The minimum atomic E-state index is 0.719. The Balaban J connectivity index is 2.34. The largest absolute Gasteiger partial charge is 0.301 e. The van der Waals surface area contributed by atoms with Crippen LogP contribution in [0.5, 0.6) is 0 Å². The van der Waals surface area contributed by atoms with Crippen LogP contribution in [0, 0.1) is 5.92 Å². The highest BCUT2D eigenvalue weighted by molar-refractivity contribution is 4.98. The van der Waals surface area contributed by atoms with Gasteiger partial charge in [-0.15, -0.1) is 0 Å². The average Bonchev–Trinajstić information content (AvgIpc) is 2.04. The zero-order valence-corrected chi connectivity index (χ0v) is 8.64. The fourth-order valence-electron chi connectivity index (χ4n) is 1.91. The molecule has 70 valence electrons. The lowest BCUT2D eigenvalue weighted by molar-refractivity contribution is 0.161. The van der Waals surface area contributed by atoms with Crippen molar-refractivity contribution in [2.24, 2.45) is 5.92 Å². The second-order valence-corrected chi connectivity index (χ2v) is 4.25. The van der Waals surface area contributed by atoms with Gasteiger partial charge in [0.2, 0.25) is 0 Å². The van der Waals surface area contributed by atoms with E-state index in [9.17, 15) is 0 Å². The molecule has 1 fully saturated rings. The van der Waals surface area contributed by atoms with Crippen molar-refractivity contribution >= 4 is 0 Å². The summed E-state index contributed by atoms with van der Waals surface area (Å²) in [6.07, 6.45) is 2.63. The van der Waals surface area contributed by atoms with Gasteiger partial charge in [0, 0.05) is 6.04 Å². The van der Waals surface area contributed by atoms with E-state index in [4.69, 9.17) is 0 Å². The van der Waals surface area contributed by atoms with Crippen LogP contribution in [0.2, 0.25) is 0 Å². The van der Waals surface area contributed by atoms with Crippen molar-refractivity contribution in [3.05, 3.63) is 12.2 Å². The van der Waals surface area contributed by atoms with Crippen molar-refractivity contribution in [3.8, 4) is 0 Å². The van der Waals surface area contributed by atoms with E-state index in [0.717, 1.165) is 12.0 Å². The topological polar surface area (TPSA) is 3.24 Å². The Morgan fingerprint density at radius 3 is 2.17 bits per heavy atom. The molecule has 0 unspecified atom stereocenters. The molecule has 1 aliphatic rings. The molecule has 1 aliphatic heterocycles. The third-order valence-corrected chi connectivity index (χ3v) is 2.96. The van der Waals surface area contributed by atoms with E-state index in [1.807, 2.05) is 0 Å². The van der Waals surface area contributed by atoms with Crippen LogP contribution >= 0.6 is 0 Å². The Kier molecular flexibility index (Phi) is 3.33. The highest BCUT2D eigenvalue weighted by Gasteiger charge is 2.20. The van der Waals surface area contributed by atoms with Gasteiger partial charge in [0.15, 0.2) is 0 Å². The molecule has 0 bridgehead atoms. The SMILES string of the molecule is C=C(C)C1CCN(C(C)C)CC1. The zero-order chi connectivity index (χ0) is 9.14. The maximum absolute atomic E-state index is 4.03. The number of nitrogens with zero attached hydrogens (tertiary/aromatic N) is 1. The molecule has 0 amide bonds. The molecule has 0 N–H and O–H groups in total. The summed E-state index contributed by atoms with van der Waals surface area (Å²) >= 11 is 0. The van der Waals surface area contributed by atoms with Crippen molar-refractivity contribution in [1.29, 1.82) is 0 Å². The Morgan fingerprint density at radius 2 is 1.83 bits per heavy atom. The second-order valence-electron chi connectivity index (χ2n) is 4.25. The maximum Gasteiger partial charge on any atom is 0.00385 e. The number of hydrogen-bond acceptors (Lipinski definition) is 1. The minimum Gasteiger partial charge on any atom is -0.301 e. The lowest BCUT2D eigenvalue weighted by Gasteiger charge is -2.34. The van der Waals surface area contributed by atoms with Crippen molar-refractivity contribution in [2.45, 2.75) is 39.7 Å². The molecule has 0 aromatic carbocycles. The van der Waals surface area contributed by atoms with E-state index >= 15 is 0 Å². The van der Waals surface area contributed by atoms with Gasteiger partial charge in [-0.2, -0.15) is 0 Å². The standard InChI is InChI=1S/C11H21N/c1-9(2)11-5-7-12(8-6-11)10(3)4/h10-11H,1,5-8H2,2-4H3. The van der Waals surface area contributed by atoms with Gasteiger partial charge in [0.25, 0.3) is 0 Å². The van der Waals surface area contributed by atoms with Gasteiger partial charge in [-0.25, -0.2) is 0 Å². The third kappa shape index (κ3) is 2.34. The van der Waals surface area contributed by atoms with E-state index in [-0.39, 0.29) is 0 Å². The van der Waals surface area contributed by atoms with E-state index in [2.05, 4.69) is 32.3 Å². The first-order valence-corrected chi connectivity index (χ1v) is 5.00. The third-order valence-electron chi connectivity index (χ3n) is 2.96. The summed E-state index contributed by atoms with van der Waals surface area (Å²) in [5.74, 6) is 0.792. The van der Waals surface area contributed by atoms with E-state index in [0.29, 0.717) is 0 Å². The van der Waals surface area contributed by atoms with E-state index < -0.39 is 0 Å². The summed E-state index contributed by atoms with van der Waals surface area (Å²) in [7, 11) is 0. The molecule has 1 heterocycles. The van der Waals surface area contributed by atoms with Gasteiger partial charge in [-0.1, -0.05) is 12.2 Å². The van der Waals surface area contributed by atoms with E-state index in [1.165, 1.54) is 31.5 Å². The van der Waals surface area contributed by atoms with E-state index in [1.54, 1.807) is 0 Å². The highest BCUT2D eigenvalue weighted by atomic mass is 15.1. The average molecular weight is 167 g/mol. The normalized spacial score (nSPS) is 21.7. The molecule has 0 aromatic heterocycles. The quantitative estimate of drug-likeness (QED) is 0.572. The Labute approximate surface area is 76.5 Å². The summed E-state index contributed by atoms with van der Waals surface area (Å²) in [4.78, 5) is 2.56. The summed E-state index contributed by atoms with van der Waals surface area (Å²) in [6, 6.07) is 0.719. The van der Waals surface area contributed by atoms with Gasteiger partial charge in [0.05, 0.1) is 0 Å². The molecule has 0 atom stereocenters.